The van der Waals surface area contributed by atoms with Crippen molar-refractivity contribution in [3.63, 3.8) is 0 Å². The van der Waals surface area contributed by atoms with Gasteiger partial charge in [-0.15, -0.1) is 0 Å². The highest BCUT2D eigenvalue weighted by Crippen LogP contribution is 2.19. The number of benzene rings is 1. The molecule has 7 heteroatoms. The number of hydrogen-bond acceptors (Lipinski definition) is 5. The molecule has 0 unspecified atom stereocenters. The van der Waals surface area contributed by atoms with Crippen LogP contribution in [-0.2, 0) is 11.2 Å². The summed E-state index contributed by atoms with van der Waals surface area (Å²) in [5, 5.41) is 2.05. The van der Waals surface area contributed by atoms with Gasteiger partial charge >= 0.3 is 0 Å². The smallest absolute Gasteiger partial charge is 0.280 e. The maximum Gasteiger partial charge on any atom is 0.280 e. The number of rotatable bonds is 6. The van der Waals surface area contributed by atoms with E-state index in [2.05, 4.69) is 9.88 Å². The molecule has 3 rings (SSSR count). The van der Waals surface area contributed by atoms with Crippen LogP contribution in [0.15, 0.2) is 23.0 Å². The van der Waals surface area contributed by atoms with Gasteiger partial charge in [-0.3, -0.25) is 9.59 Å². The van der Waals surface area contributed by atoms with Gasteiger partial charge in [0.1, 0.15) is 11.6 Å². The minimum absolute atomic E-state index is 0.0274. The maximum absolute atomic E-state index is 13.0. The van der Waals surface area contributed by atoms with Gasteiger partial charge in [-0.1, -0.05) is 0 Å². The van der Waals surface area contributed by atoms with Crippen molar-refractivity contribution in [3.8, 4) is 5.75 Å². The minimum atomic E-state index is -0.194. The van der Waals surface area contributed by atoms with Gasteiger partial charge in [-0.2, -0.15) is 4.68 Å². The Labute approximate surface area is 146 Å². The number of fused-ring (bicyclic) bond motifs is 2. The first kappa shape index (κ1) is 17.4. The van der Waals surface area contributed by atoms with E-state index in [-0.39, 0.29) is 11.5 Å². The van der Waals surface area contributed by atoms with Gasteiger partial charge in [0.15, 0.2) is 0 Å². The van der Waals surface area contributed by atoms with Crippen molar-refractivity contribution in [3.05, 3.63) is 34.4 Å². The number of ether oxygens (including phenoxy) is 1. The second-order valence-corrected chi connectivity index (χ2v) is 6.43. The summed E-state index contributed by atoms with van der Waals surface area (Å²) >= 11 is 0. The van der Waals surface area contributed by atoms with E-state index in [1.165, 1.54) is 4.68 Å². The molecule has 0 aliphatic carbocycles. The van der Waals surface area contributed by atoms with Gasteiger partial charge in [-0.05, 0) is 46.1 Å². The summed E-state index contributed by atoms with van der Waals surface area (Å²) in [5.74, 6) is 1.30. The molecule has 1 aromatic carbocycles. The van der Waals surface area contributed by atoms with Crippen LogP contribution in [0.25, 0.3) is 10.9 Å². The Morgan fingerprint density at radius 1 is 1.24 bits per heavy atom. The quantitative estimate of drug-likeness (QED) is 0.787. The van der Waals surface area contributed by atoms with Crippen molar-refractivity contribution in [1.82, 2.24) is 14.6 Å². The SMILES string of the molecule is CCOc1ccc2c(=O)n3c(nc2c1)CCC(=O)N3CCCN(C)C. The zero-order chi connectivity index (χ0) is 18.0. The van der Waals surface area contributed by atoms with Crippen molar-refractivity contribution in [2.45, 2.75) is 26.2 Å². The third-order valence-electron chi connectivity index (χ3n) is 4.26. The van der Waals surface area contributed by atoms with Crippen molar-refractivity contribution >= 4 is 16.8 Å². The van der Waals surface area contributed by atoms with E-state index in [4.69, 9.17) is 4.74 Å². The molecule has 0 atom stereocenters. The first-order valence-corrected chi connectivity index (χ1v) is 8.65. The molecular weight excluding hydrogens is 320 g/mol. The van der Waals surface area contributed by atoms with E-state index in [0.29, 0.717) is 48.5 Å². The van der Waals surface area contributed by atoms with Crippen molar-refractivity contribution in [1.29, 1.82) is 0 Å². The molecule has 25 heavy (non-hydrogen) atoms. The molecule has 134 valence electrons. The van der Waals surface area contributed by atoms with Crippen LogP contribution in [0.5, 0.6) is 5.75 Å². The molecule has 0 N–H and O–H groups in total. The Kier molecular flexibility index (Phi) is 5.03. The average molecular weight is 344 g/mol. The number of amides is 1. The van der Waals surface area contributed by atoms with E-state index in [1.54, 1.807) is 23.2 Å². The van der Waals surface area contributed by atoms with Crippen molar-refractivity contribution in [2.75, 3.05) is 38.8 Å². The van der Waals surface area contributed by atoms with Crippen LogP contribution in [0.4, 0.5) is 0 Å². The molecule has 0 saturated heterocycles. The van der Waals surface area contributed by atoms with Gasteiger partial charge < -0.3 is 9.64 Å². The van der Waals surface area contributed by atoms with Gasteiger partial charge in [0.2, 0.25) is 5.91 Å². The predicted octanol–water partition coefficient (Wildman–Crippen LogP) is 1.16. The Hall–Kier alpha value is -2.41. The van der Waals surface area contributed by atoms with Crippen LogP contribution < -0.4 is 15.3 Å². The monoisotopic (exact) mass is 344 g/mol. The third-order valence-corrected chi connectivity index (χ3v) is 4.26. The summed E-state index contributed by atoms with van der Waals surface area (Å²) in [4.78, 5) is 32.0. The Morgan fingerprint density at radius 2 is 2.04 bits per heavy atom. The molecule has 1 aromatic heterocycles. The van der Waals surface area contributed by atoms with E-state index >= 15 is 0 Å². The van der Waals surface area contributed by atoms with Gasteiger partial charge in [0.25, 0.3) is 5.56 Å². The number of aromatic nitrogens is 2. The molecule has 7 nitrogen and oxygen atoms in total. The van der Waals surface area contributed by atoms with Crippen molar-refractivity contribution < 1.29 is 9.53 Å². The lowest BCUT2D eigenvalue weighted by molar-refractivity contribution is -0.121. The number of nitrogens with zero attached hydrogens (tertiary/aromatic N) is 4. The molecule has 0 bridgehead atoms. The highest BCUT2D eigenvalue weighted by Gasteiger charge is 2.26. The summed E-state index contributed by atoms with van der Waals surface area (Å²) < 4.78 is 6.96. The minimum Gasteiger partial charge on any atom is -0.494 e. The molecule has 1 aliphatic rings. The highest BCUT2D eigenvalue weighted by molar-refractivity contribution is 5.88. The van der Waals surface area contributed by atoms with Crippen LogP contribution in [0, 0.1) is 0 Å². The number of carbonyl (C=O) groups is 1. The Bertz CT molecular complexity index is 844. The van der Waals surface area contributed by atoms with E-state index in [9.17, 15) is 9.59 Å². The lowest BCUT2D eigenvalue weighted by Gasteiger charge is -2.30. The third kappa shape index (κ3) is 3.51. The fraction of sp³-hybridized carbons (Fsp3) is 0.500. The van der Waals surface area contributed by atoms with Crippen molar-refractivity contribution in [2.24, 2.45) is 0 Å². The molecule has 0 saturated carbocycles. The van der Waals surface area contributed by atoms with Crippen LogP contribution in [-0.4, -0.2) is 54.3 Å². The number of hydrogen-bond donors (Lipinski definition) is 0. The van der Waals surface area contributed by atoms with E-state index in [0.717, 1.165) is 13.0 Å². The lowest BCUT2D eigenvalue weighted by atomic mass is 10.2. The summed E-state index contributed by atoms with van der Waals surface area (Å²) in [5.41, 5.74) is 0.422. The molecule has 1 amide bonds. The molecule has 2 heterocycles. The van der Waals surface area contributed by atoms with Gasteiger partial charge in [0, 0.05) is 25.5 Å². The molecule has 0 radical (unpaired) electrons. The fourth-order valence-electron chi connectivity index (χ4n) is 3.09. The Balaban J connectivity index is 2.02. The Morgan fingerprint density at radius 3 is 2.76 bits per heavy atom. The number of aryl methyl sites for hydroxylation is 1. The zero-order valence-electron chi connectivity index (χ0n) is 15.0. The average Bonchev–Trinajstić information content (AvgIpc) is 2.57. The first-order chi connectivity index (χ1) is 12.0. The molecule has 0 fully saturated rings. The van der Waals surface area contributed by atoms with Crippen LogP contribution in [0.1, 0.15) is 25.6 Å². The van der Waals surface area contributed by atoms with Crippen LogP contribution >= 0.6 is 0 Å². The number of carbonyl (C=O) groups excluding carboxylic acids is 1. The standard InChI is InChI=1S/C18H24N4O3/c1-4-25-13-6-7-14-15(12-13)19-16-8-9-17(23)21(22(16)18(14)24)11-5-10-20(2)3/h6-7,12H,4-5,8-11H2,1-3H3. The second kappa shape index (κ2) is 7.23. The molecular formula is C18H24N4O3. The summed E-state index contributed by atoms with van der Waals surface area (Å²) in [6.45, 7) is 3.83. The largest absolute Gasteiger partial charge is 0.494 e. The van der Waals surface area contributed by atoms with Gasteiger partial charge in [-0.25, -0.2) is 9.99 Å². The normalized spacial score (nSPS) is 14.2. The molecule has 2 aromatic rings. The first-order valence-electron chi connectivity index (χ1n) is 8.65. The van der Waals surface area contributed by atoms with E-state index < -0.39 is 0 Å². The van der Waals surface area contributed by atoms with Crippen LogP contribution in [0.3, 0.4) is 0 Å². The van der Waals surface area contributed by atoms with Crippen LogP contribution in [0.2, 0.25) is 0 Å². The van der Waals surface area contributed by atoms with Gasteiger partial charge in [0.05, 0.1) is 17.5 Å². The second-order valence-electron chi connectivity index (χ2n) is 6.43. The molecule has 0 spiro atoms. The predicted molar refractivity (Wildman–Crippen MR) is 96.8 cm³/mol. The summed E-state index contributed by atoms with van der Waals surface area (Å²) in [6.07, 6.45) is 1.66. The lowest BCUT2D eigenvalue weighted by Crippen LogP contribution is -2.52. The zero-order valence-corrected chi connectivity index (χ0v) is 15.0. The summed E-state index contributed by atoms with van der Waals surface area (Å²) in [7, 11) is 3.98. The molecule has 1 aliphatic heterocycles. The fourth-order valence-corrected chi connectivity index (χ4v) is 3.09. The highest BCUT2D eigenvalue weighted by atomic mass is 16.5. The summed E-state index contributed by atoms with van der Waals surface area (Å²) in [6, 6.07) is 5.27. The van der Waals surface area contributed by atoms with E-state index in [1.807, 2.05) is 21.0 Å². The topological polar surface area (TPSA) is 67.7 Å². The maximum atomic E-state index is 13.0.